The van der Waals surface area contributed by atoms with E-state index in [1.165, 1.54) is 57.7 Å². The smallest absolute Gasteiger partial charge is 0.465 e. The van der Waals surface area contributed by atoms with Gasteiger partial charge in [0.2, 0.25) is 12.5 Å². The van der Waals surface area contributed by atoms with E-state index >= 15 is 0 Å². The summed E-state index contributed by atoms with van der Waals surface area (Å²) in [6.07, 6.45) is 4.23. The van der Waals surface area contributed by atoms with Crippen molar-refractivity contribution < 1.29 is 52.7 Å². The second-order valence-electron chi connectivity index (χ2n) is 13.4. The van der Waals surface area contributed by atoms with Crippen LogP contribution in [0, 0.1) is 10.1 Å². The van der Waals surface area contributed by atoms with E-state index in [9.17, 15) is 24.5 Å². The zero-order valence-corrected chi connectivity index (χ0v) is 35.5. The Balaban J connectivity index is 0.000000915. The van der Waals surface area contributed by atoms with E-state index < -0.39 is 29.7 Å². The molecule has 0 radical (unpaired) electrons. The molecule has 0 saturated heterocycles. The molecule has 2 unspecified atom stereocenters. The number of hydrogen-bond acceptors (Lipinski definition) is 17. The van der Waals surface area contributed by atoms with Crippen LogP contribution in [-0.4, -0.2) is 101 Å². The fourth-order valence-electron chi connectivity index (χ4n) is 6.21. The van der Waals surface area contributed by atoms with Gasteiger partial charge in [-0.1, -0.05) is 73.9 Å². The number of nitrogens with two attached hydrogens (primary N) is 2. The molecule has 5 rings (SSSR count). The van der Waals surface area contributed by atoms with Crippen molar-refractivity contribution in [2.75, 3.05) is 38.4 Å². The van der Waals surface area contributed by atoms with E-state index in [2.05, 4.69) is 14.9 Å². The van der Waals surface area contributed by atoms with Crippen molar-refractivity contribution in [2.24, 2.45) is 16.7 Å². The number of methoxy groups -OCH3 is 1. The molecule has 0 amide bonds. The number of rotatable bonds is 21. The lowest BCUT2D eigenvalue weighted by Crippen LogP contribution is -2.40. The van der Waals surface area contributed by atoms with Gasteiger partial charge in [0.15, 0.2) is 5.84 Å². The molecule has 1 aromatic heterocycles. The zero-order chi connectivity index (χ0) is 44.1. The summed E-state index contributed by atoms with van der Waals surface area (Å²) in [6, 6.07) is 20.3. The maximum absolute atomic E-state index is 13.1. The molecule has 1 aliphatic carbocycles. The highest BCUT2D eigenvalue weighted by atomic mass is 32.2. The molecule has 4 N–H and O–H groups in total. The van der Waals surface area contributed by atoms with Gasteiger partial charge in [-0.2, -0.15) is 21.9 Å². The first-order valence-corrected chi connectivity index (χ1v) is 20.8. The van der Waals surface area contributed by atoms with Crippen LogP contribution in [0.25, 0.3) is 22.2 Å². The molecule has 3 aromatic carbocycles. The van der Waals surface area contributed by atoms with Crippen molar-refractivity contribution >= 4 is 47.2 Å². The highest BCUT2D eigenvalue weighted by Crippen LogP contribution is 2.29. The van der Waals surface area contributed by atoms with Gasteiger partial charge >= 0.3 is 12.1 Å². The monoisotopic (exact) mass is 867 g/mol. The van der Waals surface area contributed by atoms with Gasteiger partial charge in [-0.3, -0.25) is 9.36 Å². The number of ether oxygens (including phenoxy) is 6. The number of hydrazine groups is 1. The number of para-hydroxylation sites is 1. The van der Waals surface area contributed by atoms with Gasteiger partial charge in [0.05, 0.1) is 35.9 Å². The van der Waals surface area contributed by atoms with Crippen molar-refractivity contribution in [3.05, 3.63) is 93.5 Å². The minimum Gasteiger partial charge on any atom is -0.465 e. The maximum Gasteiger partial charge on any atom is 0.510 e. The number of benzene rings is 3. The lowest BCUT2D eigenvalue weighted by Gasteiger charge is -2.21. The largest absolute Gasteiger partial charge is 0.510 e. The predicted molar refractivity (Wildman–Crippen MR) is 227 cm³/mol. The Hall–Kier alpha value is -6.12. The molecule has 0 bridgehead atoms. The van der Waals surface area contributed by atoms with Crippen LogP contribution in [0.15, 0.2) is 71.8 Å². The third kappa shape index (κ3) is 14.8. The van der Waals surface area contributed by atoms with E-state index in [0.29, 0.717) is 53.4 Å². The molecule has 1 saturated carbocycles. The minimum atomic E-state index is -1.08. The quantitative estimate of drug-likeness (QED) is 0.0112. The summed E-state index contributed by atoms with van der Waals surface area (Å²) in [7, 11) is 1.82. The number of thioether (sulfide) groups is 1. The molecule has 19 nitrogen and oxygen atoms in total. The van der Waals surface area contributed by atoms with Gasteiger partial charge in [-0.25, -0.2) is 15.4 Å². The standard InChI is InChI=1S/C34H39N7O11S.C7H14O/c1-4-47-33-37-29-11-7-10-28(32(43)52-23(3)49-21-42)30(29)39(33)20-24-12-14-25(15-13-24)26-8-5-6-9-27(26)31(35)38-40(36)22(2)51-34(44)48-16-18-53-19-17-50-41(45)46;1-8-7-5-3-2-4-6-7/h5-15,21-23H,4,16-20,36H2,1-3H3,(H2,35,38);7H,2-6H2,1H3. The van der Waals surface area contributed by atoms with Crippen LogP contribution < -0.4 is 16.3 Å². The Bertz CT molecular complexity index is 2060. The van der Waals surface area contributed by atoms with E-state index in [4.69, 9.17) is 40.0 Å². The summed E-state index contributed by atoms with van der Waals surface area (Å²) in [5.74, 6) is 6.15. The van der Waals surface area contributed by atoms with Crippen LogP contribution in [0.3, 0.4) is 0 Å². The maximum atomic E-state index is 13.1. The predicted octanol–water partition coefficient (Wildman–Crippen LogP) is 6.03. The second-order valence-corrected chi connectivity index (χ2v) is 14.6. The Morgan fingerprint density at radius 1 is 1.02 bits per heavy atom. The number of fused-ring (bicyclic) bond motifs is 1. The lowest BCUT2D eigenvalue weighted by molar-refractivity contribution is -0.756. The van der Waals surface area contributed by atoms with Crippen molar-refractivity contribution in [3.63, 3.8) is 0 Å². The van der Waals surface area contributed by atoms with E-state index in [0.717, 1.165) is 21.8 Å². The Morgan fingerprint density at radius 2 is 1.72 bits per heavy atom. The van der Waals surface area contributed by atoms with Crippen molar-refractivity contribution in [1.82, 2.24) is 14.7 Å². The van der Waals surface area contributed by atoms with Gasteiger partial charge < -0.3 is 39.0 Å². The first kappa shape index (κ1) is 47.6. The van der Waals surface area contributed by atoms with Gasteiger partial charge in [0.1, 0.15) is 13.2 Å². The SMILES string of the molecule is CCOc1nc2cccc(C(=O)OC(C)OC=O)c2n1Cc1ccc(-c2ccccc2/C(N)=N/N(N)C(C)OC(=O)OCCSCCO[N+](=O)[O-])cc1.COC1CCCCC1. The van der Waals surface area contributed by atoms with Crippen LogP contribution in [0.5, 0.6) is 6.01 Å². The molecule has 20 heteroatoms. The molecular weight excluding hydrogens is 815 g/mol. The number of nitrogens with zero attached hydrogens (tertiary/aromatic N) is 5. The van der Waals surface area contributed by atoms with Crippen LogP contribution in [0.2, 0.25) is 0 Å². The molecule has 1 fully saturated rings. The normalized spacial score (nSPS) is 13.8. The number of hydrazone groups is 1. The Kier molecular flexibility index (Phi) is 19.4. The van der Waals surface area contributed by atoms with Crippen molar-refractivity contribution in [1.29, 1.82) is 0 Å². The van der Waals surface area contributed by atoms with E-state index in [1.54, 1.807) is 34.9 Å². The molecule has 0 aliphatic heterocycles. The van der Waals surface area contributed by atoms with E-state index in [1.807, 2.05) is 50.4 Å². The second kappa shape index (κ2) is 24.8. The number of aromatic nitrogens is 2. The summed E-state index contributed by atoms with van der Waals surface area (Å²) in [4.78, 5) is 54.8. The van der Waals surface area contributed by atoms with E-state index in [-0.39, 0.29) is 31.1 Å². The van der Waals surface area contributed by atoms with Gasteiger partial charge in [0, 0.05) is 31.1 Å². The summed E-state index contributed by atoms with van der Waals surface area (Å²) in [6.45, 7) is 5.54. The average Bonchev–Trinajstić information content (AvgIpc) is 3.60. The zero-order valence-electron chi connectivity index (χ0n) is 34.6. The summed E-state index contributed by atoms with van der Waals surface area (Å²) in [5, 5.41) is 14.4. The van der Waals surface area contributed by atoms with Crippen molar-refractivity contribution in [2.45, 2.75) is 78.0 Å². The fourth-order valence-corrected chi connectivity index (χ4v) is 6.81. The first-order valence-electron chi connectivity index (χ1n) is 19.7. The van der Waals surface area contributed by atoms with Gasteiger partial charge in [-0.05, 0) is 55.5 Å². The van der Waals surface area contributed by atoms with Crippen molar-refractivity contribution in [3.8, 4) is 17.1 Å². The molecular formula is C41H53N7O12S. The van der Waals surface area contributed by atoms with Gasteiger partial charge in [-0.15, -0.1) is 15.2 Å². The number of carbonyl (C=O) groups is 3. The number of carbonyl (C=O) groups excluding carboxylic acids is 3. The average molecular weight is 868 g/mol. The van der Waals surface area contributed by atoms with Crippen LogP contribution >= 0.6 is 11.8 Å². The lowest BCUT2D eigenvalue weighted by atomic mass is 9.98. The van der Waals surface area contributed by atoms with Gasteiger partial charge in [0.25, 0.3) is 17.6 Å². The third-order valence-corrected chi connectivity index (χ3v) is 10.1. The molecule has 330 valence electrons. The molecule has 61 heavy (non-hydrogen) atoms. The molecule has 4 aromatic rings. The molecule has 1 heterocycles. The van der Waals surface area contributed by atoms with Crippen LogP contribution in [0.1, 0.15) is 74.4 Å². The molecule has 2 atom stereocenters. The molecule has 0 spiro atoms. The highest BCUT2D eigenvalue weighted by Gasteiger charge is 2.23. The highest BCUT2D eigenvalue weighted by molar-refractivity contribution is 7.99. The summed E-state index contributed by atoms with van der Waals surface area (Å²) >= 11 is 1.30. The number of imidazole rings is 1. The van der Waals surface area contributed by atoms with Crippen LogP contribution in [0.4, 0.5) is 4.79 Å². The Labute approximate surface area is 357 Å². The summed E-state index contributed by atoms with van der Waals surface area (Å²) in [5.41, 5.74) is 10.6. The number of hydrogen-bond donors (Lipinski definition) is 2. The van der Waals surface area contributed by atoms with Crippen LogP contribution in [-0.2, 0) is 39.9 Å². The number of esters is 1. The topological polar surface area (TPSA) is 244 Å². The molecule has 1 aliphatic rings. The summed E-state index contributed by atoms with van der Waals surface area (Å²) < 4.78 is 33.0. The number of amidine groups is 1. The Morgan fingerprint density at radius 3 is 2.39 bits per heavy atom. The third-order valence-electron chi connectivity index (χ3n) is 9.17. The first-order chi connectivity index (χ1) is 29.4. The fraction of sp³-hybridized carbons (Fsp3) is 0.439. The minimum absolute atomic E-state index is 0.0116.